The highest BCUT2D eigenvalue weighted by molar-refractivity contribution is 8.00. The lowest BCUT2D eigenvalue weighted by atomic mass is 10.1. The number of hydrogen-bond acceptors (Lipinski definition) is 2. The minimum Gasteiger partial charge on any atom is -0.480 e. The number of rotatable bonds is 5. The Kier molecular flexibility index (Phi) is 4.29. The number of carboxylic acid groups (broad SMARTS) is 1. The van der Waals surface area contributed by atoms with Crippen LogP contribution in [0.2, 0.25) is 0 Å². The minimum absolute atomic E-state index is 0.0833. The fourth-order valence-corrected chi connectivity index (χ4v) is 1.83. The van der Waals surface area contributed by atoms with Crippen molar-refractivity contribution >= 4 is 17.7 Å². The number of thioether (sulfide) groups is 1. The fraction of sp³-hybridized carbons (Fsp3) is 0.364. The first-order valence-electron chi connectivity index (χ1n) is 4.71. The van der Waals surface area contributed by atoms with Crippen molar-refractivity contribution in [1.29, 1.82) is 0 Å². The molecule has 0 spiro atoms. The van der Waals surface area contributed by atoms with Crippen LogP contribution in [-0.2, 0) is 10.7 Å². The third-order valence-electron chi connectivity index (χ3n) is 2.06. The van der Waals surface area contributed by atoms with Gasteiger partial charge in [-0.2, -0.15) is 0 Å². The maximum Gasteiger partial charge on any atom is 0.316 e. The first-order chi connectivity index (χ1) is 7.43. The van der Waals surface area contributed by atoms with Gasteiger partial charge >= 0.3 is 5.97 Å². The van der Waals surface area contributed by atoms with Gasteiger partial charge in [0.2, 0.25) is 0 Å². The summed E-state index contributed by atoms with van der Waals surface area (Å²) < 4.78 is 27.1. The molecule has 1 aromatic carbocycles. The smallest absolute Gasteiger partial charge is 0.316 e. The lowest BCUT2D eigenvalue weighted by molar-refractivity contribution is -0.136. The van der Waals surface area contributed by atoms with Crippen molar-refractivity contribution in [2.45, 2.75) is 18.1 Å². The van der Waals surface area contributed by atoms with Crippen LogP contribution in [0.1, 0.15) is 12.5 Å². The maximum absolute atomic E-state index is 13.6. The van der Waals surface area contributed by atoms with Gasteiger partial charge in [0.05, 0.1) is 11.0 Å². The lowest BCUT2D eigenvalue weighted by Crippen LogP contribution is -2.21. The molecule has 1 unspecified atom stereocenters. The van der Waals surface area contributed by atoms with Crippen LogP contribution >= 0.6 is 11.8 Å². The molecule has 5 heteroatoms. The normalized spacial score (nSPS) is 13.4. The lowest BCUT2D eigenvalue weighted by Gasteiger charge is -2.17. The Morgan fingerprint density at radius 1 is 1.44 bits per heavy atom. The molecule has 0 aliphatic heterocycles. The van der Waals surface area contributed by atoms with Gasteiger partial charge in [-0.3, -0.25) is 4.79 Å². The second-order valence-electron chi connectivity index (χ2n) is 3.36. The van der Waals surface area contributed by atoms with Crippen molar-refractivity contribution < 1.29 is 18.7 Å². The van der Waals surface area contributed by atoms with Gasteiger partial charge in [0.25, 0.3) is 5.92 Å². The van der Waals surface area contributed by atoms with Crippen LogP contribution in [0.3, 0.4) is 0 Å². The largest absolute Gasteiger partial charge is 0.480 e. The van der Waals surface area contributed by atoms with E-state index in [0.29, 0.717) is 0 Å². The predicted molar refractivity (Wildman–Crippen MR) is 59.9 cm³/mol. The summed E-state index contributed by atoms with van der Waals surface area (Å²) in [6.45, 7) is 1.40. The van der Waals surface area contributed by atoms with Gasteiger partial charge in [-0.1, -0.05) is 30.3 Å². The summed E-state index contributed by atoms with van der Waals surface area (Å²) in [6.07, 6.45) is 0. The van der Waals surface area contributed by atoms with Crippen LogP contribution in [0, 0.1) is 0 Å². The average Bonchev–Trinajstić information content (AvgIpc) is 2.27. The van der Waals surface area contributed by atoms with E-state index < -0.39 is 22.9 Å². The Bertz CT molecular complexity index is 354. The van der Waals surface area contributed by atoms with E-state index in [1.165, 1.54) is 31.2 Å². The Labute approximate surface area is 96.7 Å². The highest BCUT2D eigenvalue weighted by atomic mass is 32.2. The number of benzene rings is 1. The van der Waals surface area contributed by atoms with Crippen LogP contribution in [0.15, 0.2) is 30.3 Å². The minimum atomic E-state index is -2.99. The molecule has 2 nitrogen and oxygen atoms in total. The van der Waals surface area contributed by atoms with Gasteiger partial charge in [0.1, 0.15) is 0 Å². The van der Waals surface area contributed by atoms with E-state index in [0.717, 1.165) is 11.8 Å². The van der Waals surface area contributed by atoms with Gasteiger partial charge in [0, 0.05) is 5.56 Å². The molecular formula is C11H12F2O2S. The molecule has 0 saturated carbocycles. The number of carboxylic acids is 1. The number of carbonyl (C=O) groups is 1. The van der Waals surface area contributed by atoms with E-state index >= 15 is 0 Å². The van der Waals surface area contributed by atoms with E-state index in [9.17, 15) is 13.6 Å². The third kappa shape index (κ3) is 3.48. The molecule has 1 atom stereocenters. The summed E-state index contributed by atoms with van der Waals surface area (Å²) in [4.78, 5) is 10.5. The van der Waals surface area contributed by atoms with Crippen LogP contribution < -0.4 is 0 Å². The van der Waals surface area contributed by atoms with Gasteiger partial charge in [-0.05, 0) is 6.92 Å². The van der Waals surface area contributed by atoms with Crippen LogP contribution in [0.25, 0.3) is 0 Å². The zero-order chi connectivity index (χ0) is 12.2. The zero-order valence-electron chi connectivity index (χ0n) is 8.69. The molecular weight excluding hydrogens is 234 g/mol. The van der Waals surface area contributed by atoms with E-state index in [-0.39, 0.29) is 5.56 Å². The Balaban J connectivity index is 2.62. The van der Waals surface area contributed by atoms with Gasteiger partial charge in [-0.15, -0.1) is 11.8 Å². The molecule has 0 aliphatic rings. The van der Waals surface area contributed by atoms with E-state index in [1.54, 1.807) is 6.07 Å². The summed E-state index contributed by atoms with van der Waals surface area (Å²) in [5.41, 5.74) is -0.0833. The predicted octanol–water partition coefficient (Wildman–Crippen LogP) is 2.98. The second-order valence-corrected chi connectivity index (χ2v) is 4.69. The molecule has 0 bridgehead atoms. The second kappa shape index (κ2) is 5.30. The van der Waals surface area contributed by atoms with Gasteiger partial charge in [0.15, 0.2) is 0 Å². The van der Waals surface area contributed by atoms with Crippen LogP contribution in [-0.4, -0.2) is 22.1 Å². The summed E-state index contributed by atoms with van der Waals surface area (Å²) in [5.74, 6) is -4.59. The maximum atomic E-state index is 13.6. The van der Waals surface area contributed by atoms with Gasteiger partial charge in [-0.25, -0.2) is 8.78 Å². The van der Waals surface area contributed by atoms with Crippen molar-refractivity contribution in [3.63, 3.8) is 0 Å². The molecule has 0 radical (unpaired) electrons. The standard InChI is InChI=1S/C11H12F2O2S/c1-8(10(14)15)16-7-11(12,13)9-5-3-2-4-6-9/h2-6,8H,7H2,1H3,(H,14,15). The highest BCUT2D eigenvalue weighted by Gasteiger charge is 2.32. The van der Waals surface area contributed by atoms with Crippen LogP contribution in [0.5, 0.6) is 0 Å². The molecule has 1 rings (SSSR count). The molecule has 0 amide bonds. The number of hydrogen-bond donors (Lipinski definition) is 1. The molecule has 0 heterocycles. The van der Waals surface area contributed by atoms with Crippen molar-refractivity contribution in [3.8, 4) is 0 Å². The summed E-state index contributed by atoms with van der Waals surface area (Å²) in [7, 11) is 0. The van der Waals surface area contributed by atoms with Crippen LogP contribution in [0.4, 0.5) is 8.78 Å². The monoisotopic (exact) mass is 246 g/mol. The Morgan fingerprint density at radius 2 is 2.00 bits per heavy atom. The fourth-order valence-electron chi connectivity index (χ4n) is 1.07. The topological polar surface area (TPSA) is 37.3 Å². The molecule has 0 aromatic heterocycles. The number of halogens is 2. The molecule has 88 valence electrons. The first kappa shape index (κ1) is 13.0. The Hall–Kier alpha value is -1.10. The van der Waals surface area contributed by atoms with Gasteiger partial charge < -0.3 is 5.11 Å². The molecule has 0 aliphatic carbocycles. The third-order valence-corrected chi connectivity index (χ3v) is 3.29. The number of alkyl halides is 2. The highest BCUT2D eigenvalue weighted by Crippen LogP contribution is 2.32. The quantitative estimate of drug-likeness (QED) is 0.867. The van der Waals surface area contributed by atoms with E-state index in [2.05, 4.69) is 0 Å². The molecule has 1 aromatic rings. The molecule has 1 N–H and O–H groups in total. The summed E-state index contributed by atoms with van der Waals surface area (Å²) in [6, 6.07) is 7.41. The van der Waals surface area contributed by atoms with Crippen molar-refractivity contribution in [2.24, 2.45) is 0 Å². The van der Waals surface area contributed by atoms with Crippen molar-refractivity contribution in [3.05, 3.63) is 35.9 Å². The average molecular weight is 246 g/mol. The van der Waals surface area contributed by atoms with E-state index in [1.807, 2.05) is 0 Å². The molecule has 16 heavy (non-hydrogen) atoms. The van der Waals surface area contributed by atoms with Crippen molar-refractivity contribution in [1.82, 2.24) is 0 Å². The molecule has 0 saturated heterocycles. The zero-order valence-corrected chi connectivity index (χ0v) is 9.51. The number of aliphatic carboxylic acids is 1. The SMILES string of the molecule is CC(SCC(F)(F)c1ccccc1)C(=O)O. The van der Waals surface area contributed by atoms with E-state index in [4.69, 9.17) is 5.11 Å². The molecule has 0 fully saturated rings. The summed E-state index contributed by atoms with van der Waals surface area (Å²) >= 11 is 0.737. The first-order valence-corrected chi connectivity index (χ1v) is 5.76. The van der Waals surface area contributed by atoms with Crippen molar-refractivity contribution in [2.75, 3.05) is 5.75 Å². The summed E-state index contributed by atoms with van der Waals surface area (Å²) in [5, 5.41) is 7.76. The Morgan fingerprint density at radius 3 is 2.50 bits per heavy atom.